The van der Waals surface area contributed by atoms with Gasteiger partial charge < -0.3 is 20.7 Å². The molecule has 0 atom stereocenters. The number of aromatic nitrogens is 1. The maximum Gasteiger partial charge on any atom is 0.265 e. The maximum atomic E-state index is 12.4. The molecule has 25 heavy (non-hydrogen) atoms. The molecule has 0 radical (unpaired) electrons. The molecule has 0 bridgehead atoms. The first-order chi connectivity index (χ1) is 11.6. The molecule has 0 aliphatic rings. The molecule has 1 aromatic carbocycles. The highest BCUT2D eigenvalue weighted by molar-refractivity contribution is 7.29. The van der Waals surface area contributed by atoms with Gasteiger partial charge in [-0.2, -0.15) is 0 Å². The molecule has 9 heteroatoms. The van der Waals surface area contributed by atoms with Crippen LogP contribution in [0.15, 0.2) is 30.3 Å². The molecule has 6 nitrogen and oxygen atoms in total. The minimum Gasteiger partial charge on any atom is -0.492 e. The van der Waals surface area contributed by atoms with Gasteiger partial charge in [0.05, 0.1) is 9.58 Å². The summed E-state index contributed by atoms with van der Waals surface area (Å²) >= 11 is 2.98. The van der Waals surface area contributed by atoms with Crippen LogP contribution in [0.2, 0.25) is 0 Å². The van der Waals surface area contributed by atoms with Crippen molar-refractivity contribution in [2.24, 2.45) is 5.73 Å². The van der Waals surface area contributed by atoms with Crippen LogP contribution in [0, 0.1) is 0 Å². The average Bonchev–Trinajstić information content (AvgIpc) is 3.13. The van der Waals surface area contributed by atoms with Crippen molar-refractivity contribution in [1.29, 1.82) is 0 Å². The summed E-state index contributed by atoms with van der Waals surface area (Å²) in [5.74, 6) is 0.600. The lowest BCUT2D eigenvalue weighted by Crippen LogP contribution is -2.11. The molecule has 2 aromatic heterocycles. The van der Waals surface area contributed by atoms with Crippen molar-refractivity contribution in [3.8, 4) is 5.75 Å². The predicted octanol–water partition coefficient (Wildman–Crippen LogP) is 3.44. The van der Waals surface area contributed by atoms with Crippen molar-refractivity contribution >= 4 is 61.3 Å². The number of nitrogens with one attached hydrogen (secondary N) is 1. The van der Waals surface area contributed by atoms with E-state index in [9.17, 15) is 4.79 Å². The van der Waals surface area contributed by atoms with E-state index in [-0.39, 0.29) is 18.3 Å². The highest BCUT2D eigenvalue weighted by atomic mass is 35.5. The van der Waals surface area contributed by atoms with Crippen LogP contribution in [0.1, 0.15) is 9.67 Å². The van der Waals surface area contributed by atoms with Crippen LogP contribution < -0.4 is 20.7 Å². The van der Waals surface area contributed by atoms with E-state index in [0.29, 0.717) is 18.0 Å². The van der Waals surface area contributed by atoms with Crippen LogP contribution in [0.3, 0.4) is 0 Å². The van der Waals surface area contributed by atoms with Gasteiger partial charge in [-0.15, -0.1) is 23.7 Å². The molecule has 0 aliphatic heterocycles. The van der Waals surface area contributed by atoms with Crippen LogP contribution in [0.4, 0.5) is 10.8 Å². The summed E-state index contributed by atoms with van der Waals surface area (Å²) in [7, 11) is 3.91. The van der Waals surface area contributed by atoms with Crippen LogP contribution in [-0.2, 0) is 0 Å². The number of amides is 1. The molecule has 3 rings (SSSR count). The number of thiazole rings is 1. The molecule has 0 saturated carbocycles. The number of nitrogens with two attached hydrogens (primary N) is 1. The predicted molar refractivity (Wildman–Crippen MR) is 108 cm³/mol. The van der Waals surface area contributed by atoms with E-state index in [1.807, 2.05) is 49.3 Å². The van der Waals surface area contributed by atoms with Gasteiger partial charge in [0, 0.05) is 26.3 Å². The number of hydrogen-bond donors (Lipinski definition) is 2. The summed E-state index contributed by atoms with van der Waals surface area (Å²) in [6, 6.07) is 9.12. The largest absolute Gasteiger partial charge is 0.492 e. The van der Waals surface area contributed by atoms with E-state index >= 15 is 0 Å². The Morgan fingerprint density at radius 3 is 2.60 bits per heavy atom. The molecule has 3 aromatic rings. The lowest BCUT2D eigenvalue weighted by atomic mass is 10.3. The zero-order valence-corrected chi connectivity index (χ0v) is 16.3. The quantitative estimate of drug-likeness (QED) is 0.664. The minimum absolute atomic E-state index is 0. The fourth-order valence-electron chi connectivity index (χ4n) is 2.03. The lowest BCUT2D eigenvalue weighted by molar-refractivity contribution is 0.103. The third-order valence-corrected chi connectivity index (χ3v) is 5.51. The number of benzene rings is 1. The Bertz CT molecular complexity index is 814. The molecular weight excluding hydrogens is 380 g/mol. The Kier molecular flexibility index (Phi) is 6.60. The number of nitrogens with zero attached hydrogens (tertiary/aromatic N) is 2. The molecule has 0 fully saturated rings. The Morgan fingerprint density at radius 2 is 2.00 bits per heavy atom. The second kappa shape index (κ2) is 8.48. The van der Waals surface area contributed by atoms with Crippen molar-refractivity contribution in [2.75, 3.05) is 37.5 Å². The topological polar surface area (TPSA) is 80.5 Å². The summed E-state index contributed by atoms with van der Waals surface area (Å²) in [6.45, 7) is 0.942. The van der Waals surface area contributed by atoms with E-state index in [4.69, 9.17) is 10.5 Å². The number of rotatable bonds is 6. The maximum absolute atomic E-state index is 12.4. The van der Waals surface area contributed by atoms with Crippen molar-refractivity contribution < 1.29 is 9.53 Å². The Labute approximate surface area is 160 Å². The average molecular weight is 399 g/mol. The second-order valence-electron chi connectivity index (χ2n) is 5.29. The van der Waals surface area contributed by atoms with Gasteiger partial charge in [0.15, 0.2) is 5.13 Å². The summed E-state index contributed by atoms with van der Waals surface area (Å²) in [5, 5.41) is 3.83. The fraction of sp³-hybridized carbons (Fsp3) is 0.250. The zero-order chi connectivity index (χ0) is 17.1. The zero-order valence-electron chi connectivity index (χ0n) is 13.8. The number of thiophene rings is 1. The number of carbonyl (C=O) groups excluding carboxylic acids is 1. The van der Waals surface area contributed by atoms with Gasteiger partial charge >= 0.3 is 0 Å². The summed E-state index contributed by atoms with van der Waals surface area (Å²) in [5.41, 5.74) is 6.12. The van der Waals surface area contributed by atoms with Gasteiger partial charge in [-0.3, -0.25) is 4.79 Å². The van der Waals surface area contributed by atoms with Crippen LogP contribution in [0.25, 0.3) is 9.53 Å². The monoisotopic (exact) mass is 398 g/mol. The number of hydrogen-bond acceptors (Lipinski definition) is 7. The Hall–Kier alpha value is -1.87. The van der Waals surface area contributed by atoms with E-state index in [2.05, 4.69) is 10.3 Å². The van der Waals surface area contributed by atoms with E-state index in [0.717, 1.165) is 26.1 Å². The molecule has 0 aliphatic carbocycles. The van der Waals surface area contributed by atoms with Gasteiger partial charge in [0.2, 0.25) is 0 Å². The summed E-state index contributed by atoms with van der Waals surface area (Å²) in [6.07, 6.45) is 0. The fourth-order valence-corrected chi connectivity index (χ4v) is 4.06. The number of ether oxygens (including phenoxy) is 1. The normalized spacial score (nSPS) is 10.4. The molecule has 0 unspecified atom stereocenters. The third kappa shape index (κ3) is 4.60. The molecular formula is C16H19ClN4O2S2. The first kappa shape index (κ1) is 19.5. The SMILES string of the molecule is CN(C)c1nc2sc(C(=O)Nc3ccc(OCCN)cc3)cc2s1.Cl. The molecule has 0 saturated heterocycles. The van der Waals surface area contributed by atoms with Crippen LogP contribution in [0.5, 0.6) is 5.75 Å². The minimum atomic E-state index is -0.132. The van der Waals surface area contributed by atoms with Gasteiger partial charge in [-0.25, -0.2) is 4.98 Å². The lowest BCUT2D eigenvalue weighted by Gasteiger charge is -2.07. The first-order valence-electron chi connectivity index (χ1n) is 7.39. The number of carbonyl (C=O) groups is 1. The molecule has 134 valence electrons. The van der Waals surface area contributed by atoms with Gasteiger partial charge in [-0.05, 0) is 30.3 Å². The van der Waals surface area contributed by atoms with Gasteiger partial charge in [-0.1, -0.05) is 11.3 Å². The Balaban J connectivity index is 0.00000225. The third-order valence-electron chi connectivity index (χ3n) is 3.18. The van der Waals surface area contributed by atoms with E-state index < -0.39 is 0 Å². The smallest absolute Gasteiger partial charge is 0.265 e. The molecule has 0 spiro atoms. The summed E-state index contributed by atoms with van der Waals surface area (Å²) < 4.78 is 6.44. The first-order valence-corrected chi connectivity index (χ1v) is 9.02. The van der Waals surface area contributed by atoms with Crippen molar-refractivity contribution in [1.82, 2.24) is 4.98 Å². The van der Waals surface area contributed by atoms with Crippen LogP contribution in [-0.4, -0.2) is 38.1 Å². The number of anilines is 2. The van der Waals surface area contributed by atoms with Crippen molar-refractivity contribution in [3.05, 3.63) is 35.2 Å². The van der Waals surface area contributed by atoms with E-state index in [1.165, 1.54) is 11.3 Å². The van der Waals surface area contributed by atoms with Crippen LogP contribution >= 0.6 is 35.1 Å². The van der Waals surface area contributed by atoms with E-state index in [1.54, 1.807) is 11.3 Å². The highest BCUT2D eigenvalue weighted by Gasteiger charge is 2.15. The Morgan fingerprint density at radius 1 is 1.28 bits per heavy atom. The summed E-state index contributed by atoms with van der Waals surface area (Å²) in [4.78, 5) is 20.4. The molecule has 1 amide bonds. The number of fused-ring (bicyclic) bond motifs is 1. The molecule has 2 heterocycles. The van der Waals surface area contributed by atoms with Gasteiger partial charge in [0.1, 0.15) is 17.2 Å². The van der Waals surface area contributed by atoms with Crippen molar-refractivity contribution in [2.45, 2.75) is 0 Å². The molecule has 3 N–H and O–H groups in total. The van der Waals surface area contributed by atoms with Crippen molar-refractivity contribution in [3.63, 3.8) is 0 Å². The van der Waals surface area contributed by atoms with Gasteiger partial charge in [0.25, 0.3) is 5.91 Å². The highest BCUT2D eigenvalue weighted by Crippen LogP contribution is 2.34. The number of halogens is 1. The second-order valence-corrected chi connectivity index (χ2v) is 7.33. The standard InChI is InChI=1S/C16H18N4O2S2.ClH/c1-20(2)16-19-15-13(24-16)9-12(23-15)14(21)18-10-3-5-11(6-4-10)22-8-7-17;/h3-6,9H,7-8,17H2,1-2H3,(H,18,21);1H.